The minimum Gasteiger partial charge on any atom is -0.493 e. The van der Waals surface area contributed by atoms with Crippen molar-refractivity contribution in [3.63, 3.8) is 0 Å². The van der Waals surface area contributed by atoms with Crippen molar-refractivity contribution < 1.29 is 14.3 Å². The van der Waals surface area contributed by atoms with Crippen molar-refractivity contribution in [3.8, 4) is 5.75 Å². The van der Waals surface area contributed by atoms with E-state index in [1.165, 1.54) is 16.9 Å². The monoisotopic (exact) mass is 370 g/mol. The van der Waals surface area contributed by atoms with Gasteiger partial charge in [0.15, 0.2) is 4.80 Å². The highest BCUT2D eigenvalue weighted by Crippen LogP contribution is 2.19. The molecule has 1 aromatic heterocycles. The fraction of sp³-hybridized carbons (Fsp3) is 0.300. The summed E-state index contributed by atoms with van der Waals surface area (Å²) >= 11 is 1.53. The van der Waals surface area contributed by atoms with Gasteiger partial charge in [-0.15, -0.1) is 0 Å². The van der Waals surface area contributed by atoms with Crippen LogP contribution in [0.1, 0.15) is 12.0 Å². The zero-order chi connectivity index (χ0) is 18.4. The summed E-state index contributed by atoms with van der Waals surface area (Å²) in [7, 11) is 1.67. The Morgan fingerprint density at radius 3 is 2.73 bits per heavy atom. The maximum Gasteiger partial charge on any atom is 0.251 e. The van der Waals surface area contributed by atoms with E-state index in [0.29, 0.717) is 24.6 Å². The molecule has 3 rings (SSSR count). The summed E-state index contributed by atoms with van der Waals surface area (Å²) < 4.78 is 13.9. The Labute approximate surface area is 156 Å². The lowest BCUT2D eigenvalue weighted by Gasteiger charge is -2.05. The van der Waals surface area contributed by atoms with Gasteiger partial charge in [-0.05, 0) is 36.8 Å². The van der Waals surface area contributed by atoms with Crippen LogP contribution in [-0.2, 0) is 16.1 Å². The molecule has 3 aromatic rings. The molecule has 0 radical (unpaired) electrons. The van der Waals surface area contributed by atoms with Crippen molar-refractivity contribution in [3.05, 3.63) is 58.9 Å². The largest absolute Gasteiger partial charge is 0.493 e. The summed E-state index contributed by atoms with van der Waals surface area (Å²) in [4.78, 5) is 17.3. The van der Waals surface area contributed by atoms with Crippen LogP contribution in [0.3, 0.4) is 0 Å². The molecule has 0 fully saturated rings. The average molecular weight is 370 g/mol. The van der Waals surface area contributed by atoms with Crippen LogP contribution in [0.15, 0.2) is 53.5 Å². The van der Waals surface area contributed by atoms with Crippen LogP contribution in [0.25, 0.3) is 10.2 Å². The first kappa shape index (κ1) is 18.4. The topological polar surface area (TPSA) is 52.8 Å². The predicted octanol–water partition coefficient (Wildman–Crippen LogP) is 3.55. The van der Waals surface area contributed by atoms with E-state index in [0.717, 1.165) is 16.0 Å². The van der Waals surface area contributed by atoms with Gasteiger partial charge in [0.2, 0.25) is 0 Å². The van der Waals surface area contributed by atoms with Gasteiger partial charge in [-0.3, -0.25) is 4.79 Å². The van der Waals surface area contributed by atoms with E-state index in [1.807, 2.05) is 34.9 Å². The number of carbonyl (C=O) groups is 1. The fourth-order valence-electron chi connectivity index (χ4n) is 2.60. The molecule has 0 aliphatic heterocycles. The van der Waals surface area contributed by atoms with Crippen molar-refractivity contribution in [1.29, 1.82) is 0 Å². The van der Waals surface area contributed by atoms with Crippen LogP contribution < -0.4 is 9.54 Å². The first-order chi connectivity index (χ1) is 12.7. The Hall–Kier alpha value is -2.44. The van der Waals surface area contributed by atoms with E-state index in [4.69, 9.17) is 9.47 Å². The minimum atomic E-state index is -0.185. The number of fused-ring (bicyclic) bond motifs is 1. The summed E-state index contributed by atoms with van der Waals surface area (Å²) in [6, 6.07) is 15.7. The normalized spacial score (nSPS) is 11.8. The molecule has 136 valence electrons. The molecule has 0 aliphatic rings. The van der Waals surface area contributed by atoms with Crippen molar-refractivity contribution in [2.24, 2.45) is 4.99 Å². The molecule has 0 bridgehead atoms. The van der Waals surface area contributed by atoms with Crippen LogP contribution in [0.4, 0.5) is 0 Å². The maximum absolute atomic E-state index is 12.3. The number of aryl methyl sites for hydroxylation is 1. The molecule has 0 spiro atoms. The van der Waals surface area contributed by atoms with Crippen molar-refractivity contribution in [2.75, 3.05) is 20.3 Å². The van der Waals surface area contributed by atoms with Gasteiger partial charge in [-0.2, -0.15) is 4.99 Å². The number of amides is 1. The molecule has 2 aromatic carbocycles. The van der Waals surface area contributed by atoms with Gasteiger partial charge in [0.25, 0.3) is 5.91 Å². The molecule has 0 saturated carbocycles. The van der Waals surface area contributed by atoms with Crippen LogP contribution in [0.2, 0.25) is 0 Å². The second-order valence-corrected chi connectivity index (χ2v) is 6.93. The first-order valence-electron chi connectivity index (χ1n) is 8.52. The van der Waals surface area contributed by atoms with Gasteiger partial charge < -0.3 is 14.0 Å². The van der Waals surface area contributed by atoms with Crippen molar-refractivity contribution >= 4 is 27.5 Å². The lowest BCUT2D eigenvalue weighted by Crippen LogP contribution is -2.19. The quantitative estimate of drug-likeness (QED) is 0.639. The van der Waals surface area contributed by atoms with E-state index >= 15 is 0 Å². The molecule has 0 saturated heterocycles. The van der Waals surface area contributed by atoms with Gasteiger partial charge in [-0.1, -0.05) is 35.6 Å². The third-order valence-corrected chi connectivity index (χ3v) is 4.95. The Kier molecular flexibility index (Phi) is 6.20. The lowest BCUT2D eigenvalue weighted by atomic mass is 10.2. The summed E-state index contributed by atoms with van der Waals surface area (Å²) in [5, 5.41) is 0. The third kappa shape index (κ3) is 4.59. The first-order valence-corrected chi connectivity index (χ1v) is 9.33. The maximum atomic E-state index is 12.3. The van der Waals surface area contributed by atoms with Gasteiger partial charge in [0.05, 0.1) is 29.9 Å². The van der Waals surface area contributed by atoms with Crippen molar-refractivity contribution in [2.45, 2.75) is 19.9 Å². The number of rotatable bonds is 7. The number of ether oxygens (including phenoxy) is 2. The zero-order valence-corrected chi connectivity index (χ0v) is 15.8. The minimum absolute atomic E-state index is 0.185. The van der Waals surface area contributed by atoms with E-state index in [9.17, 15) is 4.79 Å². The predicted molar refractivity (Wildman–Crippen MR) is 104 cm³/mol. The van der Waals surface area contributed by atoms with Crippen LogP contribution >= 0.6 is 11.3 Å². The molecule has 0 unspecified atom stereocenters. The van der Waals surface area contributed by atoms with Gasteiger partial charge in [0.1, 0.15) is 5.75 Å². The Morgan fingerprint density at radius 1 is 1.15 bits per heavy atom. The SMILES string of the molecule is COCCn1c(=NC(=O)CCOc2ccccc2)sc2cc(C)ccc21. The van der Waals surface area contributed by atoms with E-state index in [-0.39, 0.29) is 12.3 Å². The highest BCUT2D eigenvalue weighted by Gasteiger charge is 2.08. The summed E-state index contributed by atoms with van der Waals surface area (Å²) in [6.07, 6.45) is 0.243. The van der Waals surface area contributed by atoms with E-state index < -0.39 is 0 Å². The van der Waals surface area contributed by atoms with Gasteiger partial charge >= 0.3 is 0 Å². The average Bonchev–Trinajstić information content (AvgIpc) is 2.96. The molecular weight excluding hydrogens is 348 g/mol. The van der Waals surface area contributed by atoms with E-state index in [2.05, 4.69) is 30.1 Å². The number of hydrogen-bond donors (Lipinski definition) is 0. The Balaban J connectivity index is 1.77. The number of thiazole rings is 1. The Bertz CT molecular complexity index is 945. The molecular formula is C20H22N2O3S. The standard InChI is InChI=1S/C20H22N2O3S/c1-15-8-9-17-18(14-15)26-20(22(17)11-13-24-2)21-19(23)10-12-25-16-6-4-3-5-7-16/h3-9,14H,10-13H2,1-2H3. The number of benzene rings is 2. The fourth-order valence-corrected chi connectivity index (χ4v) is 3.77. The number of aromatic nitrogens is 1. The van der Waals surface area contributed by atoms with Crippen LogP contribution in [0, 0.1) is 6.92 Å². The second-order valence-electron chi connectivity index (χ2n) is 5.92. The molecule has 0 aliphatic carbocycles. The molecule has 0 N–H and O–H groups in total. The molecule has 1 amide bonds. The zero-order valence-electron chi connectivity index (χ0n) is 15.0. The molecule has 0 atom stereocenters. The molecule has 6 heteroatoms. The van der Waals surface area contributed by atoms with Crippen LogP contribution in [-0.4, -0.2) is 30.8 Å². The summed E-state index contributed by atoms with van der Waals surface area (Å²) in [5.74, 6) is 0.572. The number of para-hydroxylation sites is 1. The smallest absolute Gasteiger partial charge is 0.251 e. The number of nitrogens with zero attached hydrogens (tertiary/aromatic N) is 2. The third-order valence-electron chi connectivity index (χ3n) is 3.91. The van der Waals surface area contributed by atoms with Gasteiger partial charge in [0, 0.05) is 13.7 Å². The molecule has 5 nitrogen and oxygen atoms in total. The number of hydrogen-bond acceptors (Lipinski definition) is 4. The molecule has 26 heavy (non-hydrogen) atoms. The van der Waals surface area contributed by atoms with Crippen molar-refractivity contribution in [1.82, 2.24) is 4.57 Å². The summed E-state index contributed by atoms with van der Waals surface area (Å²) in [6.45, 7) is 3.60. The van der Waals surface area contributed by atoms with Gasteiger partial charge in [-0.25, -0.2) is 0 Å². The lowest BCUT2D eigenvalue weighted by molar-refractivity contribution is -0.118. The number of carbonyl (C=O) groups excluding carboxylic acids is 1. The highest BCUT2D eigenvalue weighted by molar-refractivity contribution is 7.16. The second kappa shape index (κ2) is 8.78. The Morgan fingerprint density at radius 2 is 1.96 bits per heavy atom. The summed E-state index contributed by atoms with van der Waals surface area (Å²) in [5.41, 5.74) is 2.26. The van der Waals surface area contributed by atoms with E-state index in [1.54, 1.807) is 7.11 Å². The number of methoxy groups -OCH3 is 1. The molecule has 1 heterocycles. The van der Waals surface area contributed by atoms with Crippen LogP contribution in [0.5, 0.6) is 5.75 Å². The highest BCUT2D eigenvalue weighted by atomic mass is 32.1.